The molecule has 154 valence electrons. The average molecular weight is 402 g/mol. The minimum Gasteiger partial charge on any atom is -0.493 e. The highest BCUT2D eigenvalue weighted by molar-refractivity contribution is 5.83. The minimum absolute atomic E-state index is 0.436. The number of aromatic nitrogens is 3. The lowest BCUT2D eigenvalue weighted by atomic mass is 10.2. The number of methoxy groups -OCH3 is 1. The van der Waals surface area contributed by atoms with E-state index in [-0.39, 0.29) is 0 Å². The van der Waals surface area contributed by atoms with Crippen LogP contribution in [-0.4, -0.2) is 34.7 Å². The number of ether oxygens (including phenoxy) is 2. The van der Waals surface area contributed by atoms with Gasteiger partial charge in [-0.3, -0.25) is 4.99 Å². The number of aryl methyl sites for hydroxylation is 1. The summed E-state index contributed by atoms with van der Waals surface area (Å²) in [5.41, 5.74) is 2.88. The van der Waals surface area contributed by atoms with Gasteiger partial charge in [-0.1, -0.05) is 19.1 Å². The maximum absolute atomic E-state index is 5.59. The van der Waals surface area contributed by atoms with E-state index in [1.807, 2.05) is 36.5 Å². The first-order chi connectivity index (χ1) is 14.8. The number of benzene rings is 2. The monoisotopic (exact) mass is 402 g/mol. The summed E-state index contributed by atoms with van der Waals surface area (Å²) in [6, 6.07) is 13.9. The largest absolute Gasteiger partial charge is 0.493 e. The van der Waals surface area contributed by atoms with Gasteiger partial charge >= 0.3 is 0 Å². The molecule has 0 atom stereocenters. The molecule has 0 fully saturated rings. The van der Waals surface area contributed by atoms with Crippen molar-refractivity contribution in [3.63, 3.8) is 0 Å². The van der Waals surface area contributed by atoms with Crippen molar-refractivity contribution >= 4 is 11.9 Å². The first-order valence-corrected chi connectivity index (χ1v) is 10.3. The highest BCUT2D eigenvalue weighted by Gasteiger charge is 2.15. The lowest BCUT2D eigenvalue weighted by Gasteiger charge is -2.09. The molecule has 0 saturated heterocycles. The molecular weight excluding hydrogens is 376 g/mol. The third-order valence-electron chi connectivity index (χ3n) is 5.14. The van der Waals surface area contributed by atoms with E-state index >= 15 is 0 Å². The normalized spacial score (nSPS) is 13.6. The molecule has 0 radical (unpaired) electrons. The summed E-state index contributed by atoms with van der Waals surface area (Å²) in [6.45, 7) is 5.09. The molecule has 0 bridgehead atoms. The highest BCUT2D eigenvalue weighted by atomic mass is 16.5. The first-order valence-electron chi connectivity index (χ1n) is 10.3. The fourth-order valence-corrected chi connectivity index (χ4v) is 3.58. The molecule has 30 heavy (non-hydrogen) atoms. The number of aliphatic imine (C=N–C) groups is 1. The van der Waals surface area contributed by atoms with Crippen molar-refractivity contribution in [2.45, 2.75) is 32.2 Å². The molecule has 2 aromatic carbocycles. The van der Waals surface area contributed by atoms with Gasteiger partial charge in [0.2, 0.25) is 0 Å². The van der Waals surface area contributed by atoms with Gasteiger partial charge in [0.25, 0.3) is 0 Å². The van der Waals surface area contributed by atoms with Gasteiger partial charge in [0, 0.05) is 24.7 Å². The second-order valence-corrected chi connectivity index (χ2v) is 7.22. The number of rotatable bonds is 7. The van der Waals surface area contributed by atoms with Gasteiger partial charge < -0.3 is 14.0 Å². The molecule has 0 spiro atoms. The number of hydrogen-bond donors (Lipinski definition) is 0. The number of hydrogen-bond acceptors (Lipinski definition) is 5. The maximum atomic E-state index is 5.59. The third-order valence-corrected chi connectivity index (χ3v) is 5.14. The van der Waals surface area contributed by atoms with Crippen LogP contribution in [0.2, 0.25) is 0 Å². The third kappa shape index (κ3) is 4.43. The van der Waals surface area contributed by atoms with E-state index in [1.165, 1.54) is 19.3 Å². The Morgan fingerprint density at radius 3 is 2.73 bits per heavy atom. The second kappa shape index (κ2) is 9.39. The smallest absolute Gasteiger partial charge is 0.163 e. The predicted molar refractivity (Wildman–Crippen MR) is 119 cm³/mol. The van der Waals surface area contributed by atoms with Crippen molar-refractivity contribution < 1.29 is 9.47 Å². The molecule has 2 heterocycles. The molecule has 0 unspecified atom stereocenters. The van der Waals surface area contributed by atoms with E-state index in [1.54, 1.807) is 13.2 Å². The van der Waals surface area contributed by atoms with Crippen molar-refractivity contribution in [1.29, 1.82) is 0 Å². The Kier molecular flexibility index (Phi) is 6.23. The summed E-state index contributed by atoms with van der Waals surface area (Å²) in [5.74, 6) is 3.40. The van der Waals surface area contributed by atoms with Crippen molar-refractivity contribution in [3.05, 3.63) is 66.5 Å². The van der Waals surface area contributed by atoms with Crippen molar-refractivity contribution in [2.75, 3.05) is 13.7 Å². The summed E-state index contributed by atoms with van der Waals surface area (Å²) < 4.78 is 13.3. The summed E-state index contributed by atoms with van der Waals surface area (Å²) in [4.78, 5) is 4.59. The zero-order valence-corrected chi connectivity index (χ0v) is 17.3. The molecule has 6 nitrogen and oxygen atoms in total. The van der Waals surface area contributed by atoms with Gasteiger partial charge in [-0.2, -0.15) is 0 Å². The Balaban J connectivity index is 1.49. The van der Waals surface area contributed by atoms with Crippen LogP contribution in [0.25, 0.3) is 11.4 Å². The van der Waals surface area contributed by atoms with Crippen LogP contribution in [0.1, 0.15) is 30.7 Å². The van der Waals surface area contributed by atoms with E-state index in [0.29, 0.717) is 18.1 Å². The van der Waals surface area contributed by atoms with Crippen molar-refractivity contribution in [1.82, 2.24) is 14.8 Å². The van der Waals surface area contributed by atoms with E-state index in [9.17, 15) is 0 Å². The van der Waals surface area contributed by atoms with Crippen molar-refractivity contribution in [2.24, 2.45) is 4.99 Å². The minimum atomic E-state index is 0.436. The summed E-state index contributed by atoms with van der Waals surface area (Å²) in [6.07, 6.45) is 8.16. The van der Waals surface area contributed by atoms with Gasteiger partial charge in [0.05, 0.1) is 12.8 Å². The SMILES string of the molecule is C=CCOc1ccc(C=Nc2ccc(-c3nnc4n3CCCCC4)cc2)cc1OC. The molecule has 0 saturated carbocycles. The number of nitrogens with zero attached hydrogens (tertiary/aromatic N) is 4. The van der Waals surface area contributed by atoms with Crippen LogP contribution >= 0.6 is 0 Å². The predicted octanol–water partition coefficient (Wildman–Crippen LogP) is 5.00. The number of fused-ring (bicyclic) bond motifs is 1. The van der Waals surface area contributed by atoms with Crippen LogP contribution in [0.15, 0.2) is 60.1 Å². The fraction of sp³-hybridized carbons (Fsp3) is 0.292. The van der Waals surface area contributed by atoms with Gasteiger partial charge in [-0.05, 0) is 60.9 Å². The molecule has 3 aromatic rings. The van der Waals surface area contributed by atoms with Crippen LogP contribution in [0, 0.1) is 0 Å². The molecule has 0 amide bonds. The molecule has 1 aliphatic heterocycles. The Labute approximate surface area is 176 Å². The van der Waals surface area contributed by atoms with E-state index in [0.717, 1.165) is 41.4 Å². The van der Waals surface area contributed by atoms with Gasteiger partial charge in [-0.25, -0.2) is 0 Å². The van der Waals surface area contributed by atoms with Crippen LogP contribution in [-0.2, 0) is 13.0 Å². The summed E-state index contributed by atoms with van der Waals surface area (Å²) >= 11 is 0. The summed E-state index contributed by atoms with van der Waals surface area (Å²) in [7, 11) is 1.63. The Bertz CT molecular complexity index is 1040. The average Bonchev–Trinajstić information content (AvgIpc) is 3.04. The quantitative estimate of drug-likeness (QED) is 0.412. The van der Waals surface area contributed by atoms with Gasteiger partial charge in [0.1, 0.15) is 12.4 Å². The zero-order chi connectivity index (χ0) is 20.8. The Morgan fingerprint density at radius 2 is 1.93 bits per heavy atom. The molecular formula is C24H26N4O2. The lowest BCUT2D eigenvalue weighted by molar-refractivity contribution is 0.326. The van der Waals surface area contributed by atoms with E-state index in [4.69, 9.17) is 9.47 Å². The summed E-state index contributed by atoms with van der Waals surface area (Å²) in [5, 5.41) is 8.81. The van der Waals surface area contributed by atoms with Crippen LogP contribution in [0.3, 0.4) is 0 Å². The van der Waals surface area contributed by atoms with Gasteiger partial charge in [0.15, 0.2) is 17.3 Å². The Morgan fingerprint density at radius 1 is 1.07 bits per heavy atom. The highest BCUT2D eigenvalue weighted by Crippen LogP contribution is 2.28. The molecule has 4 rings (SSSR count). The molecule has 1 aromatic heterocycles. The fourth-order valence-electron chi connectivity index (χ4n) is 3.58. The van der Waals surface area contributed by atoms with Crippen LogP contribution in [0.5, 0.6) is 11.5 Å². The lowest BCUT2D eigenvalue weighted by Crippen LogP contribution is -2.02. The van der Waals surface area contributed by atoms with Crippen LogP contribution < -0.4 is 9.47 Å². The standard InChI is InChI=1S/C24H26N4O2/c1-3-15-30-21-13-8-18(16-22(21)29-2)17-25-20-11-9-19(10-12-20)24-27-26-23-7-5-4-6-14-28(23)24/h3,8-13,16-17H,1,4-7,14-15H2,2H3. The molecule has 1 aliphatic rings. The molecule has 6 heteroatoms. The topological polar surface area (TPSA) is 61.5 Å². The second-order valence-electron chi connectivity index (χ2n) is 7.22. The maximum Gasteiger partial charge on any atom is 0.163 e. The van der Waals surface area contributed by atoms with Crippen LogP contribution in [0.4, 0.5) is 5.69 Å². The van der Waals surface area contributed by atoms with Gasteiger partial charge in [-0.15, -0.1) is 10.2 Å². The van der Waals surface area contributed by atoms with E-state index in [2.05, 4.69) is 38.5 Å². The molecule has 0 N–H and O–H groups in total. The Hall–Kier alpha value is -3.41. The zero-order valence-electron chi connectivity index (χ0n) is 17.3. The van der Waals surface area contributed by atoms with E-state index < -0.39 is 0 Å². The van der Waals surface area contributed by atoms with Crippen molar-refractivity contribution in [3.8, 4) is 22.9 Å². The molecule has 0 aliphatic carbocycles. The first kappa shape index (κ1) is 19.9.